The molecule has 4 heterocycles. The standard InChI is InChI=1S/C48H44F2N8O5/c49-34-5-13-41(14-6-34)62-39-9-1-32(2-10-39)43-26-36(25-38(30-59)55-43)53-18-17-46(58-22-19-52-31-58)47-29-57(23-24-61-47)21-20-54-37-27-44(56-45(28-37)48(51)60)33-3-11-40(12-4-33)63-42-15-7-35(50)8-16-42/h1-16,19,22,25-28,30-31,46-47H,17-18,20-21,23-24,29H2,(H2,51,60)(H,53,55)(H,54,56). The van der Waals surface area contributed by atoms with Crippen LogP contribution in [0.4, 0.5) is 20.2 Å². The molecule has 3 aromatic heterocycles. The van der Waals surface area contributed by atoms with Crippen LogP contribution in [-0.2, 0) is 4.74 Å². The van der Waals surface area contributed by atoms with E-state index >= 15 is 0 Å². The van der Waals surface area contributed by atoms with Crippen LogP contribution in [0.3, 0.4) is 0 Å². The van der Waals surface area contributed by atoms with E-state index in [2.05, 4.69) is 35.1 Å². The predicted molar refractivity (Wildman–Crippen MR) is 235 cm³/mol. The number of pyridine rings is 2. The number of nitrogens with one attached hydrogen (secondary N) is 2. The molecule has 1 saturated heterocycles. The molecule has 1 amide bonds. The van der Waals surface area contributed by atoms with Gasteiger partial charge < -0.3 is 35.1 Å². The number of amides is 1. The Morgan fingerprint density at radius 2 is 1.33 bits per heavy atom. The van der Waals surface area contributed by atoms with E-state index in [0.29, 0.717) is 85.0 Å². The molecule has 63 heavy (non-hydrogen) atoms. The van der Waals surface area contributed by atoms with Gasteiger partial charge in [-0.25, -0.2) is 23.7 Å². The van der Waals surface area contributed by atoms with Crippen LogP contribution in [0.1, 0.15) is 33.4 Å². The van der Waals surface area contributed by atoms with E-state index in [4.69, 9.17) is 19.9 Å². The van der Waals surface area contributed by atoms with Gasteiger partial charge in [-0.1, -0.05) is 0 Å². The average molecular weight is 851 g/mol. The lowest BCUT2D eigenvalue weighted by atomic mass is 10.0. The maximum Gasteiger partial charge on any atom is 0.267 e. The number of primary amides is 1. The highest BCUT2D eigenvalue weighted by molar-refractivity contribution is 5.92. The fraction of sp³-hybridized carbons (Fsp3) is 0.188. The van der Waals surface area contributed by atoms with Gasteiger partial charge in [0.05, 0.1) is 36.5 Å². The van der Waals surface area contributed by atoms with E-state index in [0.717, 1.165) is 29.6 Å². The molecule has 13 nitrogen and oxygen atoms in total. The van der Waals surface area contributed by atoms with Crippen molar-refractivity contribution < 1.29 is 32.6 Å². The van der Waals surface area contributed by atoms with Gasteiger partial charge in [0.15, 0.2) is 6.29 Å². The molecule has 0 bridgehead atoms. The molecule has 0 aliphatic carbocycles. The molecule has 4 N–H and O–H groups in total. The number of rotatable bonds is 18. The topological polar surface area (TPSA) is 159 Å². The molecule has 15 heteroatoms. The summed E-state index contributed by atoms with van der Waals surface area (Å²) in [4.78, 5) is 39.9. The van der Waals surface area contributed by atoms with Gasteiger partial charge in [0, 0.05) is 67.6 Å². The number of nitrogens with two attached hydrogens (primary N) is 1. The summed E-state index contributed by atoms with van der Waals surface area (Å²) in [5, 5.41) is 6.94. The van der Waals surface area contributed by atoms with Crippen molar-refractivity contribution in [2.75, 3.05) is 50.0 Å². The SMILES string of the molecule is NC(=O)c1cc(NCCN2CCOC(C(CCNc3cc(C=O)nc(-c4ccc(Oc5ccc(F)cc5)cc4)c3)n3ccnc3)C2)cc(-c2ccc(Oc3ccc(F)cc3)cc2)n1. The first kappa shape index (κ1) is 42.2. The van der Waals surface area contributed by atoms with Crippen molar-refractivity contribution >= 4 is 23.6 Å². The second-order valence-electron chi connectivity index (χ2n) is 14.9. The molecule has 8 rings (SSSR count). The van der Waals surface area contributed by atoms with Crippen LogP contribution < -0.4 is 25.8 Å². The molecular formula is C48H44F2N8O5. The highest BCUT2D eigenvalue weighted by Crippen LogP contribution is 2.30. The molecule has 4 aromatic carbocycles. The number of halogens is 2. The van der Waals surface area contributed by atoms with Crippen molar-refractivity contribution in [3.05, 3.63) is 163 Å². The van der Waals surface area contributed by atoms with E-state index in [1.807, 2.05) is 42.6 Å². The average Bonchev–Trinajstić information content (AvgIpc) is 3.85. The predicted octanol–water partition coefficient (Wildman–Crippen LogP) is 8.64. The van der Waals surface area contributed by atoms with Gasteiger partial charge in [0.25, 0.3) is 5.91 Å². The summed E-state index contributed by atoms with van der Waals surface area (Å²) in [6.45, 7) is 3.86. The summed E-state index contributed by atoms with van der Waals surface area (Å²) in [5.74, 6) is 0.855. The number of benzene rings is 4. The zero-order chi connectivity index (χ0) is 43.5. The van der Waals surface area contributed by atoms with E-state index in [1.165, 1.54) is 24.3 Å². The zero-order valence-electron chi connectivity index (χ0n) is 34.1. The van der Waals surface area contributed by atoms with Crippen molar-refractivity contribution in [3.63, 3.8) is 0 Å². The van der Waals surface area contributed by atoms with Crippen molar-refractivity contribution in [1.29, 1.82) is 0 Å². The van der Waals surface area contributed by atoms with Crippen LogP contribution in [0.2, 0.25) is 0 Å². The second-order valence-corrected chi connectivity index (χ2v) is 14.9. The van der Waals surface area contributed by atoms with Crippen LogP contribution in [-0.4, -0.2) is 82.0 Å². The summed E-state index contributed by atoms with van der Waals surface area (Å²) in [7, 11) is 0. The third kappa shape index (κ3) is 11.3. The second kappa shape index (κ2) is 19.9. The minimum absolute atomic E-state index is 0.0374. The van der Waals surface area contributed by atoms with Crippen LogP contribution in [0, 0.1) is 11.6 Å². The zero-order valence-corrected chi connectivity index (χ0v) is 34.1. The number of aromatic nitrogens is 4. The van der Waals surface area contributed by atoms with Crippen molar-refractivity contribution in [1.82, 2.24) is 24.4 Å². The third-order valence-corrected chi connectivity index (χ3v) is 10.5. The highest BCUT2D eigenvalue weighted by Gasteiger charge is 2.29. The van der Waals surface area contributed by atoms with Crippen LogP contribution in [0.25, 0.3) is 22.5 Å². The molecule has 0 saturated carbocycles. The highest BCUT2D eigenvalue weighted by atomic mass is 19.1. The number of hydrogen-bond acceptors (Lipinski definition) is 11. The van der Waals surface area contributed by atoms with Gasteiger partial charge in [-0.2, -0.15) is 0 Å². The molecule has 1 fully saturated rings. The number of nitrogens with zero attached hydrogens (tertiary/aromatic N) is 5. The van der Waals surface area contributed by atoms with Crippen LogP contribution in [0.15, 0.2) is 140 Å². The Labute approximate surface area is 362 Å². The summed E-state index contributed by atoms with van der Waals surface area (Å²) >= 11 is 0. The van der Waals surface area contributed by atoms with Gasteiger partial charge in [0.1, 0.15) is 46.0 Å². The van der Waals surface area contributed by atoms with Crippen molar-refractivity contribution in [3.8, 4) is 45.5 Å². The minimum atomic E-state index is -0.637. The Bertz CT molecular complexity index is 2610. The Balaban J connectivity index is 0.874. The molecule has 0 spiro atoms. The number of hydrogen-bond donors (Lipinski definition) is 3. The van der Waals surface area contributed by atoms with Gasteiger partial charge in [-0.3, -0.25) is 14.5 Å². The maximum atomic E-state index is 13.3. The fourth-order valence-electron chi connectivity index (χ4n) is 7.32. The maximum absolute atomic E-state index is 13.3. The number of morpholine rings is 1. The van der Waals surface area contributed by atoms with Gasteiger partial charge in [0.2, 0.25) is 0 Å². The largest absolute Gasteiger partial charge is 0.457 e. The molecule has 2 unspecified atom stereocenters. The Morgan fingerprint density at radius 1 is 0.778 bits per heavy atom. The Morgan fingerprint density at radius 3 is 1.89 bits per heavy atom. The monoisotopic (exact) mass is 850 g/mol. The van der Waals surface area contributed by atoms with Crippen LogP contribution in [0.5, 0.6) is 23.0 Å². The first-order chi connectivity index (χ1) is 30.7. The molecule has 1 aliphatic rings. The number of imidazole rings is 1. The summed E-state index contributed by atoms with van der Waals surface area (Å²) in [5.41, 5.74) is 10.3. The number of anilines is 2. The van der Waals surface area contributed by atoms with E-state index in [9.17, 15) is 18.4 Å². The molecule has 2 atom stereocenters. The quantitative estimate of drug-likeness (QED) is 0.0710. The summed E-state index contributed by atoms with van der Waals surface area (Å²) in [6.07, 6.45) is 6.80. The van der Waals surface area contributed by atoms with E-state index in [-0.39, 0.29) is 29.5 Å². The molecule has 0 radical (unpaired) electrons. The summed E-state index contributed by atoms with van der Waals surface area (Å²) in [6, 6.07) is 33.2. The van der Waals surface area contributed by atoms with Crippen molar-refractivity contribution in [2.45, 2.75) is 18.6 Å². The molecular weight excluding hydrogens is 807 g/mol. The van der Waals surface area contributed by atoms with E-state index in [1.54, 1.807) is 73.2 Å². The van der Waals surface area contributed by atoms with Crippen molar-refractivity contribution in [2.24, 2.45) is 5.73 Å². The first-order valence-corrected chi connectivity index (χ1v) is 20.4. The normalized spacial score (nSPS) is 14.4. The van der Waals surface area contributed by atoms with Gasteiger partial charge in [-0.15, -0.1) is 0 Å². The number of carbonyl (C=O) groups excluding carboxylic acids is 2. The van der Waals surface area contributed by atoms with Gasteiger partial charge in [-0.05, 0) is 128 Å². The van der Waals surface area contributed by atoms with Gasteiger partial charge >= 0.3 is 0 Å². The first-order valence-electron chi connectivity index (χ1n) is 20.4. The molecule has 7 aromatic rings. The lowest BCUT2D eigenvalue weighted by Crippen LogP contribution is -2.47. The van der Waals surface area contributed by atoms with E-state index < -0.39 is 5.91 Å². The minimum Gasteiger partial charge on any atom is -0.457 e. The fourth-order valence-corrected chi connectivity index (χ4v) is 7.32. The Kier molecular flexibility index (Phi) is 13.3. The smallest absolute Gasteiger partial charge is 0.267 e. The summed E-state index contributed by atoms with van der Waals surface area (Å²) < 4.78 is 46.7. The lowest BCUT2D eigenvalue weighted by molar-refractivity contribution is -0.0537. The third-order valence-electron chi connectivity index (χ3n) is 10.5. The lowest BCUT2D eigenvalue weighted by Gasteiger charge is -2.37. The van der Waals surface area contributed by atoms with Crippen LogP contribution >= 0.6 is 0 Å². The molecule has 320 valence electrons. The molecule has 1 aliphatic heterocycles. The number of carbonyl (C=O) groups is 2. The number of ether oxygens (including phenoxy) is 3. The Hall–Kier alpha value is -7.49. The number of aldehydes is 1.